The van der Waals surface area contributed by atoms with E-state index >= 15 is 0 Å². The van der Waals surface area contributed by atoms with E-state index in [-0.39, 0.29) is 10.9 Å². The Bertz CT molecular complexity index is 1580. The molecule has 7 nitrogen and oxygen atoms in total. The number of fused-ring (bicyclic) bond motifs is 1. The van der Waals surface area contributed by atoms with E-state index in [9.17, 15) is 9.18 Å². The van der Waals surface area contributed by atoms with Crippen molar-refractivity contribution in [2.75, 3.05) is 5.32 Å². The fourth-order valence-electron chi connectivity index (χ4n) is 3.98. The quantitative estimate of drug-likeness (QED) is 0.311. The normalized spacial score (nSPS) is 11.9. The van der Waals surface area contributed by atoms with Crippen LogP contribution in [0, 0.1) is 12.7 Å². The van der Waals surface area contributed by atoms with Crippen LogP contribution in [0.1, 0.15) is 33.2 Å². The van der Waals surface area contributed by atoms with Gasteiger partial charge in [0.1, 0.15) is 11.6 Å². The molecular formula is C27H22ClFN6O. The highest BCUT2D eigenvalue weighted by molar-refractivity contribution is 6.30. The van der Waals surface area contributed by atoms with Crippen LogP contribution in [0.2, 0.25) is 5.02 Å². The van der Waals surface area contributed by atoms with Gasteiger partial charge in [-0.05, 0) is 60.3 Å². The van der Waals surface area contributed by atoms with Crippen molar-refractivity contribution in [3.8, 4) is 0 Å². The summed E-state index contributed by atoms with van der Waals surface area (Å²) < 4.78 is 15.9. The maximum Gasteiger partial charge on any atom is 0.252 e. The minimum Gasteiger partial charge on any atom is -0.341 e. The molecule has 5 rings (SSSR count). The molecule has 0 bridgehead atoms. The van der Waals surface area contributed by atoms with Crippen LogP contribution in [0.4, 0.5) is 15.9 Å². The number of carbonyl (C=O) groups excluding carboxylic acids is 1. The Kier molecular flexibility index (Phi) is 6.35. The van der Waals surface area contributed by atoms with E-state index < -0.39 is 11.9 Å². The molecule has 1 amide bonds. The second kappa shape index (κ2) is 9.75. The lowest BCUT2D eigenvalue weighted by Crippen LogP contribution is -2.29. The predicted octanol–water partition coefficient (Wildman–Crippen LogP) is 5.73. The molecule has 3 aromatic heterocycles. The van der Waals surface area contributed by atoms with Crippen molar-refractivity contribution < 1.29 is 9.18 Å². The molecule has 9 heteroatoms. The van der Waals surface area contributed by atoms with Gasteiger partial charge in [0.2, 0.25) is 0 Å². The number of hydrogen-bond donors (Lipinski definition) is 2. The van der Waals surface area contributed by atoms with E-state index in [0.717, 1.165) is 27.7 Å². The Balaban J connectivity index is 1.44. The number of carbonyl (C=O) groups is 1. The van der Waals surface area contributed by atoms with Crippen LogP contribution in [0.3, 0.4) is 0 Å². The number of halogens is 2. The Labute approximate surface area is 212 Å². The van der Waals surface area contributed by atoms with Gasteiger partial charge < -0.3 is 10.6 Å². The highest BCUT2D eigenvalue weighted by atomic mass is 35.5. The molecule has 2 aromatic carbocycles. The van der Waals surface area contributed by atoms with Gasteiger partial charge in [-0.1, -0.05) is 23.7 Å². The summed E-state index contributed by atoms with van der Waals surface area (Å²) in [5.74, 6) is -0.215. The number of aryl methyl sites for hydroxylation is 2. The van der Waals surface area contributed by atoms with Crippen LogP contribution in [0.25, 0.3) is 10.8 Å². The fraction of sp³-hybridized carbons (Fsp3) is 0.111. The van der Waals surface area contributed by atoms with E-state index in [2.05, 4.69) is 25.7 Å². The van der Waals surface area contributed by atoms with Gasteiger partial charge in [0, 0.05) is 53.5 Å². The first-order valence-electron chi connectivity index (χ1n) is 11.2. The molecule has 0 radical (unpaired) electrons. The first kappa shape index (κ1) is 23.4. The molecule has 0 aliphatic carbocycles. The molecule has 0 aliphatic heterocycles. The molecule has 5 aromatic rings. The number of pyridine rings is 2. The van der Waals surface area contributed by atoms with Gasteiger partial charge >= 0.3 is 0 Å². The first-order chi connectivity index (χ1) is 17.4. The SMILES string of the molecule is Cc1cc(Nc2cc3cc(C(=O)NC(c4ccc(Cl)c(F)c4)c4cnn(C)c4)ccc3cn2)ccn1. The summed E-state index contributed by atoms with van der Waals surface area (Å²) in [5, 5.41) is 12.2. The minimum atomic E-state index is -0.613. The summed E-state index contributed by atoms with van der Waals surface area (Å²) in [4.78, 5) is 22.0. The minimum absolute atomic E-state index is 0.0180. The maximum atomic E-state index is 14.2. The van der Waals surface area contributed by atoms with Gasteiger partial charge in [-0.2, -0.15) is 5.10 Å². The predicted molar refractivity (Wildman–Crippen MR) is 138 cm³/mol. The fourth-order valence-corrected chi connectivity index (χ4v) is 4.09. The molecule has 3 heterocycles. The van der Waals surface area contributed by atoms with Crippen molar-refractivity contribution in [1.29, 1.82) is 0 Å². The zero-order valence-electron chi connectivity index (χ0n) is 19.5. The number of hydrogen-bond acceptors (Lipinski definition) is 5. The van der Waals surface area contributed by atoms with Gasteiger partial charge in [0.15, 0.2) is 0 Å². The number of nitrogens with one attached hydrogen (secondary N) is 2. The molecule has 0 aliphatic rings. The Morgan fingerprint density at radius 2 is 1.86 bits per heavy atom. The number of rotatable bonds is 6. The molecule has 2 N–H and O–H groups in total. The lowest BCUT2D eigenvalue weighted by molar-refractivity contribution is 0.0943. The average molecular weight is 501 g/mol. The number of aromatic nitrogens is 4. The summed E-state index contributed by atoms with van der Waals surface area (Å²) in [7, 11) is 1.78. The number of benzene rings is 2. The van der Waals surface area contributed by atoms with Crippen molar-refractivity contribution in [2.45, 2.75) is 13.0 Å². The zero-order valence-corrected chi connectivity index (χ0v) is 20.3. The molecular weight excluding hydrogens is 479 g/mol. The first-order valence-corrected chi connectivity index (χ1v) is 11.6. The van der Waals surface area contributed by atoms with Crippen molar-refractivity contribution >= 4 is 39.8 Å². The van der Waals surface area contributed by atoms with Crippen LogP contribution in [-0.4, -0.2) is 25.7 Å². The number of anilines is 2. The van der Waals surface area contributed by atoms with Crippen molar-refractivity contribution in [3.05, 3.63) is 113 Å². The molecule has 0 saturated heterocycles. The van der Waals surface area contributed by atoms with Gasteiger partial charge in [0.05, 0.1) is 17.3 Å². The summed E-state index contributed by atoms with van der Waals surface area (Å²) >= 11 is 5.87. The van der Waals surface area contributed by atoms with Gasteiger partial charge in [-0.25, -0.2) is 9.37 Å². The van der Waals surface area contributed by atoms with E-state index in [4.69, 9.17) is 11.6 Å². The summed E-state index contributed by atoms with van der Waals surface area (Å²) in [5.41, 5.74) is 3.50. The zero-order chi connectivity index (χ0) is 25.2. The maximum absolute atomic E-state index is 14.2. The Morgan fingerprint density at radius 1 is 1.00 bits per heavy atom. The van der Waals surface area contributed by atoms with Crippen LogP contribution in [0.15, 0.2) is 79.4 Å². The summed E-state index contributed by atoms with van der Waals surface area (Å²) in [6.45, 7) is 1.92. The third-order valence-electron chi connectivity index (χ3n) is 5.76. The highest BCUT2D eigenvalue weighted by Gasteiger charge is 2.21. The van der Waals surface area contributed by atoms with Gasteiger partial charge in [-0.15, -0.1) is 0 Å². The summed E-state index contributed by atoms with van der Waals surface area (Å²) in [6, 6.07) is 14.9. The number of amides is 1. The van der Waals surface area contributed by atoms with Gasteiger partial charge in [-0.3, -0.25) is 14.5 Å². The average Bonchev–Trinajstić information content (AvgIpc) is 3.29. The second-order valence-electron chi connectivity index (χ2n) is 8.47. The lowest BCUT2D eigenvalue weighted by atomic mass is 10.0. The molecule has 1 atom stereocenters. The topological polar surface area (TPSA) is 84.7 Å². The highest BCUT2D eigenvalue weighted by Crippen LogP contribution is 2.27. The van der Waals surface area contributed by atoms with Gasteiger partial charge in [0.25, 0.3) is 5.91 Å². The smallest absolute Gasteiger partial charge is 0.252 e. The third kappa shape index (κ3) is 5.04. The van der Waals surface area contributed by atoms with E-state index in [1.807, 2.05) is 31.2 Å². The Hall–Kier alpha value is -4.30. The van der Waals surface area contributed by atoms with Crippen molar-refractivity contribution in [1.82, 2.24) is 25.1 Å². The standard InChI is InChI=1S/C27H22ClFN6O/c1-16-9-22(7-8-30-16)33-25-12-20-10-18(3-4-19(20)13-31-25)27(36)34-26(21-14-32-35(2)15-21)17-5-6-23(28)24(29)11-17/h3-15,26H,1-2H3,(H,34,36)(H,30,31,33). The van der Waals surface area contributed by atoms with Crippen molar-refractivity contribution in [2.24, 2.45) is 7.05 Å². The van der Waals surface area contributed by atoms with Crippen LogP contribution in [-0.2, 0) is 7.05 Å². The van der Waals surface area contributed by atoms with Crippen LogP contribution in [0.5, 0.6) is 0 Å². The Morgan fingerprint density at radius 3 is 2.61 bits per heavy atom. The van der Waals surface area contributed by atoms with Crippen LogP contribution < -0.4 is 10.6 Å². The third-order valence-corrected chi connectivity index (χ3v) is 6.07. The largest absolute Gasteiger partial charge is 0.341 e. The van der Waals surface area contributed by atoms with E-state index in [0.29, 0.717) is 16.9 Å². The second-order valence-corrected chi connectivity index (χ2v) is 8.88. The molecule has 1 unspecified atom stereocenters. The van der Waals surface area contributed by atoms with E-state index in [1.54, 1.807) is 54.7 Å². The summed E-state index contributed by atoms with van der Waals surface area (Å²) in [6.07, 6.45) is 6.90. The monoisotopic (exact) mass is 500 g/mol. The molecule has 0 spiro atoms. The molecule has 180 valence electrons. The molecule has 0 fully saturated rings. The number of nitrogens with zero attached hydrogens (tertiary/aromatic N) is 4. The lowest BCUT2D eigenvalue weighted by Gasteiger charge is -2.19. The van der Waals surface area contributed by atoms with Crippen LogP contribution >= 0.6 is 11.6 Å². The van der Waals surface area contributed by atoms with E-state index in [1.165, 1.54) is 12.1 Å². The van der Waals surface area contributed by atoms with Crippen molar-refractivity contribution in [3.63, 3.8) is 0 Å². The molecule has 0 saturated carbocycles. The molecule has 36 heavy (non-hydrogen) atoms.